The van der Waals surface area contributed by atoms with Gasteiger partial charge in [-0.05, 0) is 85.3 Å². The van der Waals surface area contributed by atoms with Crippen LogP contribution in [0.25, 0.3) is 78.0 Å². The molecule has 1 aliphatic heterocycles. The lowest BCUT2D eigenvalue weighted by Gasteiger charge is -2.39. The number of hydrogen-bond donors (Lipinski definition) is 0. The number of para-hydroxylation sites is 2. The summed E-state index contributed by atoms with van der Waals surface area (Å²) in [5.74, 6) is 3.60. The molecule has 0 fully saturated rings. The summed E-state index contributed by atoms with van der Waals surface area (Å²) in [5.41, 5.74) is 11.5. The van der Waals surface area contributed by atoms with Gasteiger partial charge in [0, 0.05) is 27.8 Å². The van der Waals surface area contributed by atoms with Gasteiger partial charge in [-0.3, -0.25) is 0 Å². The molecule has 2 aliphatic rings. The second kappa shape index (κ2) is 12.7. The largest absolute Gasteiger partial charge is 0.457 e. The summed E-state index contributed by atoms with van der Waals surface area (Å²) in [5, 5.41) is 4.97. The molecule has 0 radical (unpaired) electrons. The summed E-state index contributed by atoms with van der Waals surface area (Å²) in [4.78, 5) is 15.3. The second-order valence-electron chi connectivity index (χ2n) is 15.1. The molecule has 1 aliphatic carbocycles. The van der Waals surface area contributed by atoms with Gasteiger partial charge in [-0.2, -0.15) is 0 Å². The lowest BCUT2D eigenvalue weighted by atomic mass is 9.65. The van der Waals surface area contributed by atoms with Crippen LogP contribution in [0, 0.1) is 0 Å². The van der Waals surface area contributed by atoms with Crippen molar-refractivity contribution in [1.29, 1.82) is 0 Å². The summed E-state index contributed by atoms with van der Waals surface area (Å²) in [6.07, 6.45) is 0. The molecule has 9 aromatic carbocycles. The van der Waals surface area contributed by atoms with Crippen LogP contribution in [0.15, 0.2) is 200 Å². The van der Waals surface area contributed by atoms with E-state index in [0.29, 0.717) is 17.5 Å². The van der Waals surface area contributed by atoms with Gasteiger partial charge in [0.15, 0.2) is 17.5 Å². The quantitative estimate of drug-likeness (QED) is 0.169. The summed E-state index contributed by atoms with van der Waals surface area (Å²) >= 11 is 0. The maximum Gasteiger partial charge on any atom is 0.164 e. The van der Waals surface area contributed by atoms with E-state index in [1.807, 2.05) is 36.4 Å². The number of hydrogen-bond acceptors (Lipinski definition) is 4. The Hall–Kier alpha value is -7.69. The van der Waals surface area contributed by atoms with Crippen molar-refractivity contribution in [3.8, 4) is 67.9 Å². The predicted molar refractivity (Wildman–Crippen MR) is 234 cm³/mol. The first-order chi connectivity index (χ1) is 28.7. The molecule has 58 heavy (non-hydrogen) atoms. The zero-order valence-electron chi connectivity index (χ0n) is 31.3. The van der Waals surface area contributed by atoms with Crippen LogP contribution >= 0.6 is 0 Å². The van der Waals surface area contributed by atoms with Crippen LogP contribution in [-0.2, 0) is 5.41 Å². The van der Waals surface area contributed by atoms with Gasteiger partial charge in [-0.1, -0.05) is 170 Å². The first-order valence-corrected chi connectivity index (χ1v) is 19.7. The molecule has 0 amide bonds. The molecule has 0 bridgehead atoms. The van der Waals surface area contributed by atoms with Crippen molar-refractivity contribution in [1.82, 2.24) is 15.0 Å². The molecule has 1 spiro atoms. The number of nitrogens with zero attached hydrogens (tertiary/aromatic N) is 3. The highest BCUT2D eigenvalue weighted by Gasteiger charge is 2.51. The Morgan fingerprint density at radius 3 is 1.40 bits per heavy atom. The second-order valence-corrected chi connectivity index (χ2v) is 15.1. The van der Waals surface area contributed by atoms with Gasteiger partial charge in [-0.25, -0.2) is 15.0 Å². The van der Waals surface area contributed by atoms with E-state index in [2.05, 4.69) is 164 Å². The van der Waals surface area contributed by atoms with Crippen LogP contribution in [0.5, 0.6) is 11.5 Å². The van der Waals surface area contributed by atoms with Crippen molar-refractivity contribution in [3.63, 3.8) is 0 Å². The predicted octanol–water partition coefficient (Wildman–Crippen LogP) is 13.3. The maximum absolute atomic E-state index is 6.73. The van der Waals surface area contributed by atoms with E-state index in [9.17, 15) is 0 Å². The summed E-state index contributed by atoms with van der Waals surface area (Å²) in [7, 11) is 0. The SMILES string of the molecule is c1ccc(-c2nc(-c3ccccc3)nc(-c3ccc4c(c3)C3(c5ccccc5Oc5ccccc53)c3cc(-c5cc6ccccc6c6ccccc56)ccc3-4)n2)cc1. The summed E-state index contributed by atoms with van der Waals surface area (Å²) < 4.78 is 6.73. The average Bonchev–Trinajstić information content (AvgIpc) is 3.58. The minimum atomic E-state index is -0.688. The summed E-state index contributed by atoms with van der Waals surface area (Å²) in [6, 6.07) is 71.0. The zero-order valence-corrected chi connectivity index (χ0v) is 31.3. The third-order valence-corrected chi connectivity index (χ3v) is 12.0. The minimum Gasteiger partial charge on any atom is -0.457 e. The number of benzene rings is 9. The molecule has 4 heteroatoms. The van der Waals surface area contributed by atoms with Crippen LogP contribution in [0.2, 0.25) is 0 Å². The highest BCUT2D eigenvalue weighted by Crippen LogP contribution is 2.63. The van der Waals surface area contributed by atoms with Crippen LogP contribution in [-0.4, -0.2) is 15.0 Å². The van der Waals surface area contributed by atoms with E-state index in [-0.39, 0.29) is 0 Å². The molecule has 4 nitrogen and oxygen atoms in total. The zero-order chi connectivity index (χ0) is 38.2. The fourth-order valence-electron chi connectivity index (χ4n) is 9.44. The van der Waals surface area contributed by atoms with Crippen LogP contribution in [0.4, 0.5) is 0 Å². The number of aromatic nitrogens is 3. The fourth-order valence-corrected chi connectivity index (χ4v) is 9.44. The molecule has 1 aromatic heterocycles. The van der Waals surface area contributed by atoms with E-state index in [1.54, 1.807) is 0 Å². The highest BCUT2D eigenvalue weighted by atomic mass is 16.5. The third kappa shape index (κ3) is 4.79. The molecule has 12 rings (SSSR count). The smallest absolute Gasteiger partial charge is 0.164 e. The molecule has 0 saturated heterocycles. The van der Waals surface area contributed by atoms with Gasteiger partial charge in [0.2, 0.25) is 0 Å². The molecule has 0 saturated carbocycles. The Balaban J connectivity index is 1.14. The summed E-state index contributed by atoms with van der Waals surface area (Å²) in [6.45, 7) is 0. The Morgan fingerprint density at radius 2 is 0.776 bits per heavy atom. The van der Waals surface area contributed by atoms with Crippen LogP contribution in [0.1, 0.15) is 22.3 Å². The van der Waals surface area contributed by atoms with Crippen molar-refractivity contribution in [2.75, 3.05) is 0 Å². The molecule has 0 unspecified atom stereocenters. The van der Waals surface area contributed by atoms with Gasteiger partial charge in [-0.15, -0.1) is 0 Å². The van der Waals surface area contributed by atoms with Crippen molar-refractivity contribution in [3.05, 3.63) is 222 Å². The average molecular weight is 740 g/mol. The Morgan fingerprint density at radius 1 is 0.310 bits per heavy atom. The Bertz CT molecular complexity index is 3160. The van der Waals surface area contributed by atoms with Crippen molar-refractivity contribution in [2.24, 2.45) is 0 Å². The van der Waals surface area contributed by atoms with Gasteiger partial charge >= 0.3 is 0 Å². The van der Waals surface area contributed by atoms with Gasteiger partial charge < -0.3 is 4.74 Å². The van der Waals surface area contributed by atoms with Crippen LogP contribution < -0.4 is 4.74 Å². The number of ether oxygens (including phenoxy) is 1. The first-order valence-electron chi connectivity index (χ1n) is 19.7. The molecule has 2 heterocycles. The van der Waals surface area contributed by atoms with E-state index in [4.69, 9.17) is 19.7 Å². The molecule has 0 atom stereocenters. The minimum absolute atomic E-state index is 0.624. The lowest BCUT2D eigenvalue weighted by Crippen LogP contribution is -2.32. The van der Waals surface area contributed by atoms with E-state index in [1.165, 1.54) is 54.9 Å². The van der Waals surface area contributed by atoms with Crippen molar-refractivity contribution < 1.29 is 4.74 Å². The molecular formula is C54H33N3O. The molecule has 10 aromatic rings. The van der Waals surface area contributed by atoms with Gasteiger partial charge in [0.1, 0.15) is 11.5 Å². The van der Waals surface area contributed by atoms with Crippen LogP contribution in [0.3, 0.4) is 0 Å². The van der Waals surface area contributed by atoms with E-state index < -0.39 is 5.41 Å². The van der Waals surface area contributed by atoms with E-state index >= 15 is 0 Å². The third-order valence-electron chi connectivity index (χ3n) is 12.0. The normalized spacial score (nSPS) is 13.1. The highest BCUT2D eigenvalue weighted by molar-refractivity contribution is 6.14. The lowest BCUT2D eigenvalue weighted by molar-refractivity contribution is 0.436. The Labute approximate surface area is 335 Å². The monoisotopic (exact) mass is 739 g/mol. The Kier molecular flexibility index (Phi) is 7.11. The number of rotatable bonds is 4. The molecule has 270 valence electrons. The maximum atomic E-state index is 6.73. The topological polar surface area (TPSA) is 47.9 Å². The first kappa shape index (κ1) is 32.5. The van der Waals surface area contributed by atoms with Crippen molar-refractivity contribution >= 4 is 21.5 Å². The fraction of sp³-hybridized carbons (Fsp3) is 0.0185. The van der Waals surface area contributed by atoms with E-state index in [0.717, 1.165) is 39.3 Å². The van der Waals surface area contributed by atoms with Gasteiger partial charge in [0.05, 0.1) is 5.41 Å². The molecular weight excluding hydrogens is 707 g/mol. The van der Waals surface area contributed by atoms with Crippen molar-refractivity contribution in [2.45, 2.75) is 5.41 Å². The standard InChI is InChI=1S/C54H33N3O/c1-3-15-34(16-4-1)51-55-52(35-17-5-2-6-18-35)57-53(56-51)38-28-30-43-42-29-27-37(44-31-36-19-7-8-20-39(36)40-21-9-10-22-41(40)44)32-47(42)54(48(43)33-38)45-23-11-13-25-49(45)58-50-26-14-12-24-46(50)54/h1-33H. The molecule has 0 N–H and O–H groups in total. The van der Waals surface area contributed by atoms with Gasteiger partial charge in [0.25, 0.3) is 0 Å². The number of fused-ring (bicyclic) bond motifs is 12.